The Labute approximate surface area is 384 Å². The number of rotatable bonds is 15. The minimum Gasteiger partial charge on any atom is -0.462 e. The Morgan fingerprint density at radius 3 is 2.22 bits per heavy atom. The van der Waals surface area contributed by atoms with E-state index in [1.54, 1.807) is 52.8 Å². The summed E-state index contributed by atoms with van der Waals surface area (Å²) >= 11 is 0. The van der Waals surface area contributed by atoms with E-state index in [1.807, 2.05) is 50.3 Å². The molecule has 65 heavy (non-hydrogen) atoms. The van der Waals surface area contributed by atoms with E-state index in [-0.39, 0.29) is 25.2 Å². The van der Waals surface area contributed by atoms with Gasteiger partial charge in [0.15, 0.2) is 18.4 Å². The maximum Gasteiger partial charge on any atom is 0.407 e. The first-order chi connectivity index (χ1) is 30.9. The number of cyclic esters (lactones) is 1. The van der Waals surface area contributed by atoms with Gasteiger partial charge in [0.2, 0.25) is 0 Å². The fourth-order valence-corrected chi connectivity index (χ4v) is 9.02. The van der Waals surface area contributed by atoms with Crippen molar-refractivity contribution in [3.8, 4) is 0 Å². The lowest BCUT2D eigenvalue weighted by Gasteiger charge is -2.47. The highest BCUT2D eigenvalue weighted by atomic mass is 16.7. The van der Waals surface area contributed by atoms with E-state index >= 15 is 0 Å². The van der Waals surface area contributed by atoms with Gasteiger partial charge in [0.25, 0.3) is 0 Å². The number of nitrogens with one attached hydrogen (secondary N) is 1. The minimum atomic E-state index is -1.39. The standard InChI is InChI=1S/C48H74N2O15/c1-11-37-34(26-60-47-45(59-10)44(58-9)40(55)30(5)61-47)23-27(2)17-18-35(52)28(3)24-33(20-22-51)42(29(4)36(53)25-38(54)63-37)64-46-41(56)39(50(7)8)43(31(6)62-46)65-48(57)49-21-19-32-15-13-12-14-16-32/h12-18,22-23,28-31,33-34,36-37,39-47,53,55-56H,11,19-21,24-26H2,1-10H3,(H,49,57)/b18-17+,27-23+/t28-,29+,30-,31-,33+,34-,36-,37-,39-,40-,41-,42-,43-,44-,45-,46+,47-/m1/s1. The average Bonchev–Trinajstić information content (AvgIpc) is 3.27. The van der Waals surface area contributed by atoms with Crippen LogP contribution in [0, 0.1) is 23.7 Å². The number of ether oxygens (including phenoxy) is 8. The van der Waals surface area contributed by atoms with E-state index in [4.69, 9.17) is 37.9 Å². The number of hydrogen-bond donors (Lipinski definition) is 4. The number of nitrogens with zero attached hydrogens (tertiary/aromatic N) is 1. The summed E-state index contributed by atoms with van der Waals surface area (Å²) in [6.07, 6.45) is -5.94. The zero-order valence-corrected chi connectivity index (χ0v) is 39.6. The third kappa shape index (κ3) is 14.9. The molecule has 0 unspecified atom stereocenters. The van der Waals surface area contributed by atoms with Crippen LogP contribution < -0.4 is 5.32 Å². The number of hydrogen-bond acceptors (Lipinski definition) is 16. The Kier molecular flexibility index (Phi) is 21.6. The van der Waals surface area contributed by atoms with Gasteiger partial charge in [-0.15, -0.1) is 0 Å². The van der Waals surface area contributed by atoms with Crippen LogP contribution in [0.1, 0.15) is 72.8 Å². The number of alkyl carbamates (subject to hydrolysis) is 1. The highest BCUT2D eigenvalue weighted by Crippen LogP contribution is 2.35. The van der Waals surface area contributed by atoms with Gasteiger partial charge in [0.05, 0.1) is 43.5 Å². The van der Waals surface area contributed by atoms with Crippen LogP contribution in [0.5, 0.6) is 0 Å². The Balaban J connectivity index is 1.58. The van der Waals surface area contributed by atoms with Crippen LogP contribution in [0.2, 0.25) is 0 Å². The van der Waals surface area contributed by atoms with Crippen LogP contribution in [0.4, 0.5) is 4.79 Å². The van der Waals surface area contributed by atoms with Crippen LogP contribution in [-0.2, 0) is 58.7 Å². The lowest BCUT2D eigenvalue weighted by atomic mass is 9.79. The third-order valence-corrected chi connectivity index (χ3v) is 12.8. The SMILES string of the molecule is CC[C@H]1OC(=O)C[C@@H](O)[C@H](C)[C@@H](O[C@@H]2O[C@H](C)[C@@H](OC(=O)NCCc3ccccc3)[C@H](N(C)C)[C@H]2O)[C@@H](CC=O)C[C@@H](C)C(=O)/C=C/C(C)=C/[C@@H]1CO[C@@H]1O[C@H](C)[C@@H](O)[C@@H](OC)[C@H]1OC. The van der Waals surface area contributed by atoms with Gasteiger partial charge in [-0.2, -0.15) is 0 Å². The average molecular weight is 919 g/mol. The van der Waals surface area contributed by atoms with Crippen molar-refractivity contribution in [2.75, 3.05) is 41.5 Å². The molecule has 0 aromatic heterocycles. The Morgan fingerprint density at radius 2 is 1.58 bits per heavy atom. The van der Waals surface area contributed by atoms with E-state index in [9.17, 15) is 34.5 Å². The molecule has 1 aromatic carbocycles. The topological polar surface area (TPSA) is 218 Å². The number of benzene rings is 1. The summed E-state index contributed by atoms with van der Waals surface area (Å²) in [6, 6.07) is 8.87. The number of allylic oxidation sites excluding steroid dienone is 3. The van der Waals surface area contributed by atoms with Crippen LogP contribution in [0.25, 0.3) is 0 Å². The number of aldehydes is 1. The number of methoxy groups -OCH3 is 2. The first-order valence-corrected chi connectivity index (χ1v) is 22.8. The molecule has 366 valence electrons. The van der Waals surface area contributed by atoms with Gasteiger partial charge in [-0.05, 0) is 71.7 Å². The number of ketones is 1. The summed E-state index contributed by atoms with van der Waals surface area (Å²) in [5.74, 6) is -3.58. The summed E-state index contributed by atoms with van der Waals surface area (Å²) in [4.78, 5) is 54.5. The molecular weight excluding hydrogens is 845 g/mol. The molecule has 17 atom stereocenters. The van der Waals surface area contributed by atoms with E-state index in [1.165, 1.54) is 20.3 Å². The zero-order valence-electron chi connectivity index (χ0n) is 39.6. The first-order valence-electron chi connectivity index (χ1n) is 22.8. The van der Waals surface area contributed by atoms with Gasteiger partial charge < -0.3 is 68.2 Å². The highest BCUT2D eigenvalue weighted by Gasteiger charge is 2.50. The molecule has 17 nitrogen and oxygen atoms in total. The highest BCUT2D eigenvalue weighted by molar-refractivity contribution is 5.91. The molecule has 0 aliphatic carbocycles. The molecule has 1 amide bonds. The van der Waals surface area contributed by atoms with Crippen molar-refractivity contribution in [2.24, 2.45) is 23.7 Å². The smallest absolute Gasteiger partial charge is 0.407 e. The molecule has 0 saturated carbocycles. The maximum atomic E-state index is 13.8. The second kappa shape index (κ2) is 26.1. The van der Waals surface area contributed by atoms with E-state index in [2.05, 4.69) is 5.32 Å². The molecule has 3 heterocycles. The number of esters is 1. The zero-order chi connectivity index (χ0) is 48.0. The van der Waals surface area contributed by atoms with Crippen molar-refractivity contribution in [1.82, 2.24) is 10.2 Å². The third-order valence-electron chi connectivity index (χ3n) is 12.8. The number of amides is 1. The van der Waals surface area contributed by atoms with Gasteiger partial charge in [-0.1, -0.05) is 68.8 Å². The predicted molar refractivity (Wildman–Crippen MR) is 238 cm³/mol. The predicted octanol–water partition coefficient (Wildman–Crippen LogP) is 3.54. The molecule has 0 radical (unpaired) electrons. The van der Waals surface area contributed by atoms with Gasteiger partial charge in [-0.25, -0.2) is 4.79 Å². The second-order valence-corrected chi connectivity index (χ2v) is 17.9. The van der Waals surface area contributed by atoms with Crippen molar-refractivity contribution >= 4 is 24.1 Å². The maximum absolute atomic E-state index is 13.8. The Morgan fingerprint density at radius 1 is 0.908 bits per heavy atom. The monoisotopic (exact) mass is 919 g/mol. The van der Waals surface area contributed by atoms with E-state index in [0.29, 0.717) is 25.0 Å². The van der Waals surface area contributed by atoms with Crippen LogP contribution in [-0.4, -0.2) is 165 Å². The van der Waals surface area contributed by atoms with Crippen molar-refractivity contribution < 1.29 is 72.4 Å². The number of aliphatic hydroxyl groups excluding tert-OH is 3. The molecular formula is C48H74N2O15. The molecule has 2 saturated heterocycles. The fraction of sp³-hybridized carbons (Fsp3) is 0.708. The number of likely N-dealkylation sites (N-methyl/N-ethyl adjacent to an activating group) is 1. The first kappa shape index (κ1) is 54.0. The lowest BCUT2D eigenvalue weighted by molar-refractivity contribution is -0.304. The largest absolute Gasteiger partial charge is 0.462 e. The van der Waals surface area contributed by atoms with Crippen LogP contribution in [0.15, 0.2) is 54.1 Å². The van der Waals surface area contributed by atoms with Crippen LogP contribution >= 0.6 is 0 Å². The molecule has 3 aliphatic heterocycles. The summed E-state index contributed by atoms with van der Waals surface area (Å²) < 4.78 is 48.2. The molecule has 1 aromatic rings. The molecule has 0 bridgehead atoms. The molecule has 4 rings (SSSR count). The van der Waals surface area contributed by atoms with Crippen LogP contribution in [0.3, 0.4) is 0 Å². The van der Waals surface area contributed by atoms with Crippen molar-refractivity contribution in [1.29, 1.82) is 0 Å². The lowest BCUT2D eigenvalue weighted by Crippen LogP contribution is -2.64. The molecule has 3 aliphatic rings. The van der Waals surface area contributed by atoms with Gasteiger partial charge in [0, 0.05) is 44.9 Å². The Bertz CT molecular complexity index is 1710. The van der Waals surface area contributed by atoms with Gasteiger partial charge in [0.1, 0.15) is 42.9 Å². The van der Waals surface area contributed by atoms with Crippen molar-refractivity contribution in [3.63, 3.8) is 0 Å². The summed E-state index contributed by atoms with van der Waals surface area (Å²) in [6.45, 7) is 10.8. The quantitative estimate of drug-likeness (QED) is 0.146. The second-order valence-electron chi connectivity index (χ2n) is 17.9. The van der Waals surface area contributed by atoms with Gasteiger partial charge >= 0.3 is 12.1 Å². The number of carbonyl (C=O) groups is 4. The summed E-state index contributed by atoms with van der Waals surface area (Å²) in [5, 5.41) is 37.1. The van der Waals surface area contributed by atoms with E-state index in [0.717, 1.165) is 11.8 Å². The number of aliphatic hydroxyl groups is 3. The summed E-state index contributed by atoms with van der Waals surface area (Å²) in [5.41, 5.74) is 1.73. The molecule has 4 N–H and O–H groups in total. The van der Waals surface area contributed by atoms with E-state index < -0.39 is 122 Å². The minimum absolute atomic E-state index is 0.00571. The summed E-state index contributed by atoms with van der Waals surface area (Å²) in [7, 11) is 6.39. The normalized spacial score (nSPS) is 38.0. The van der Waals surface area contributed by atoms with Crippen molar-refractivity contribution in [2.45, 2.75) is 153 Å². The Hall–Kier alpha value is -3.62. The molecule has 17 heteroatoms. The molecule has 0 spiro atoms. The van der Waals surface area contributed by atoms with Gasteiger partial charge in [-0.3, -0.25) is 9.59 Å². The fourth-order valence-electron chi connectivity index (χ4n) is 9.02. The number of carbonyl (C=O) groups excluding carboxylic acids is 4. The molecule has 2 fully saturated rings. The van der Waals surface area contributed by atoms with Crippen molar-refractivity contribution in [3.05, 3.63) is 59.7 Å².